The van der Waals surface area contributed by atoms with Gasteiger partial charge >= 0.3 is 0 Å². The lowest BCUT2D eigenvalue weighted by Crippen LogP contribution is -2.52. The maximum atomic E-state index is 12.7. The summed E-state index contributed by atoms with van der Waals surface area (Å²) in [6, 6.07) is 0.467. The van der Waals surface area contributed by atoms with Crippen molar-refractivity contribution >= 4 is 5.91 Å². The van der Waals surface area contributed by atoms with Crippen molar-refractivity contribution in [2.45, 2.75) is 64.0 Å². The van der Waals surface area contributed by atoms with E-state index >= 15 is 0 Å². The molecule has 2 aliphatic rings. The Labute approximate surface area is 116 Å². The summed E-state index contributed by atoms with van der Waals surface area (Å²) >= 11 is 0. The van der Waals surface area contributed by atoms with E-state index in [1.807, 2.05) is 11.8 Å². The molecule has 4 heteroatoms. The number of piperidine rings is 1. The Kier molecular flexibility index (Phi) is 5.22. The van der Waals surface area contributed by atoms with Crippen LogP contribution in [-0.2, 0) is 9.53 Å². The third-order valence-electron chi connectivity index (χ3n) is 4.31. The van der Waals surface area contributed by atoms with Crippen LogP contribution in [0.2, 0.25) is 0 Å². The van der Waals surface area contributed by atoms with E-state index in [2.05, 4.69) is 12.2 Å². The summed E-state index contributed by atoms with van der Waals surface area (Å²) in [5.74, 6) is 0.194. The van der Waals surface area contributed by atoms with Crippen LogP contribution in [0.25, 0.3) is 0 Å². The molecule has 110 valence electrons. The van der Waals surface area contributed by atoms with Crippen molar-refractivity contribution in [1.82, 2.24) is 10.2 Å². The summed E-state index contributed by atoms with van der Waals surface area (Å²) in [6.07, 6.45) is 6.60. The Hall–Kier alpha value is -0.610. The Morgan fingerprint density at radius 3 is 2.84 bits per heavy atom. The van der Waals surface area contributed by atoms with Crippen LogP contribution in [0.4, 0.5) is 0 Å². The first kappa shape index (κ1) is 14.8. The quantitative estimate of drug-likeness (QED) is 0.828. The van der Waals surface area contributed by atoms with Gasteiger partial charge in [-0.15, -0.1) is 0 Å². The third kappa shape index (κ3) is 3.69. The van der Waals surface area contributed by atoms with Gasteiger partial charge in [-0.2, -0.15) is 0 Å². The topological polar surface area (TPSA) is 41.6 Å². The predicted octanol–water partition coefficient (Wildman–Crippen LogP) is 1.94. The van der Waals surface area contributed by atoms with E-state index in [0.717, 1.165) is 45.5 Å². The van der Waals surface area contributed by atoms with Gasteiger partial charge in [0.1, 0.15) is 5.60 Å². The number of hydrogen-bond acceptors (Lipinski definition) is 3. The second-order valence-electron chi connectivity index (χ2n) is 6.08. The Bertz CT molecular complexity index is 295. The van der Waals surface area contributed by atoms with Crippen LogP contribution in [0.1, 0.15) is 52.4 Å². The fourth-order valence-corrected chi connectivity index (χ4v) is 3.17. The number of ether oxygens (including phenoxy) is 1. The minimum Gasteiger partial charge on any atom is -0.365 e. The molecule has 2 unspecified atom stereocenters. The highest BCUT2D eigenvalue weighted by Crippen LogP contribution is 2.27. The predicted molar refractivity (Wildman–Crippen MR) is 76.1 cm³/mol. The average molecular weight is 268 g/mol. The minimum absolute atomic E-state index is 0.194. The molecule has 19 heavy (non-hydrogen) atoms. The standard InChI is InChI=1S/C15H28N2O2/c1-3-10-17(12-13-7-4-5-9-16-13)14(18)15(2)8-6-11-19-15/h13,16H,3-12H2,1-2H3. The van der Waals surface area contributed by atoms with Gasteiger partial charge in [0.2, 0.25) is 0 Å². The smallest absolute Gasteiger partial charge is 0.254 e. The molecular formula is C15H28N2O2. The molecule has 0 aromatic carbocycles. The van der Waals surface area contributed by atoms with Crippen molar-refractivity contribution in [2.24, 2.45) is 0 Å². The van der Waals surface area contributed by atoms with Crippen molar-refractivity contribution in [2.75, 3.05) is 26.2 Å². The second-order valence-corrected chi connectivity index (χ2v) is 6.08. The summed E-state index contributed by atoms with van der Waals surface area (Å²) in [6.45, 7) is 7.59. The number of rotatable bonds is 5. The zero-order chi connectivity index (χ0) is 13.7. The van der Waals surface area contributed by atoms with E-state index in [4.69, 9.17) is 4.74 Å². The molecule has 0 saturated carbocycles. The highest BCUT2D eigenvalue weighted by Gasteiger charge is 2.40. The van der Waals surface area contributed by atoms with Crippen molar-refractivity contribution in [3.8, 4) is 0 Å². The van der Waals surface area contributed by atoms with E-state index in [1.165, 1.54) is 19.3 Å². The largest absolute Gasteiger partial charge is 0.365 e. The van der Waals surface area contributed by atoms with Crippen LogP contribution < -0.4 is 5.32 Å². The fourth-order valence-electron chi connectivity index (χ4n) is 3.17. The maximum absolute atomic E-state index is 12.7. The lowest BCUT2D eigenvalue weighted by molar-refractivity contribution is -0.151. The number of nitrogens with zero attached hydrogens (tertiary/aromatic N) is 1. The normalized spacial score (nSPS) is 31.4. The molecule has 0 aromatic rings. The Balaban J connectivity index is 1.95. The van der Waals surface area contributed by atoms with E-state index in [0.29, 0.717) is 6.04 Å². The van der Waals surface area contributed by atoms with Gasteiger partial charge in [0.25, 0.3) is 5.91 Å². The van der Waals surface area contributed by atoms with E-state index in [1.54, 1.807) is 0 Å². The molecule has 0 bridgehead atoms. The van der Waals surface area contributed by atoms with E-state index in [9.17, 15) is 4.79 Å². The van der Waals surface area contributed by atoms with Crippen molar-refractivity contribution in [3.05, 3.63) is 0 Å². The molecule has 2 heterocycles. The third-order valence-corrected chi connectivity index (χ3v) is 4.31. The van der Waals surface area contributed by atoms with Gasteiger partial charge in [0.15, 0.2) is 0 Å². The number of carbonyl (C=O) groups is 1. The average Bonchev–Trinajstić information content (AvgIpc) is 2.87. The summed E-state index contributed by atoms with van der Waals surface area (Å²) in [7, 11) is 0. The second kappa shape index (κ2) is 6.71. The molecule has 0 aliphatic carbocycles. The lowest BCUT2D eigenvalue weighted by atomic mass is 9.99. The molecule has 2 atom stereocenters. The number of carbonyl (C=O) groups excluding carboxylic acids is 1. The molecule has 1 amide bonds. The highest BCUT2D eigenvalue weighted by atomic mass is 16.5. The highest BCUT2D eigenvalue weighted by molar-refractivity contribution is 5.85. The van der Waals surface area contributed by atoms with Crippen LogP contribution in [-0.4, -0.2) is 48.7 Å². The maximum Gasteiger partial charge on any atom is 0.254 e. The first-order chi connectivity index (χ1) is 9.15. The van der Waals surface area contributed by atoms with Gasteiger partial charge < -0.3 is 15.0 Å². The summed E-state index contributed by atoms with van der Waals surface area (Å²) in [4.78, 5) is 14.7. The molecule has 1 N–H and O–H groups in total. The van der Waals surface area contributed by atoms with Gasteiger partial charge in [-0.1, -0.05) is 13.3 Å². The van der Waals surface area contributed by atoms with Gasteiger partial charge in [0, 0.05) is 25.7 Å². The van der Waals surface area contributed by atoms with Gasteiger partial charge in [0.05, 0.1) is 0 Å². The molecule has 2 fully saturated rings. The minimum atomic E-state index is -0.566. The summed E-state index contributed by atoms with van der Waals surface area (Å²) in [5.41, 5.74) is -0.566. The monoisotopic (exact) mass is 268 g/mol. The molecule has 0 radical (unpaired) electrons. The zero-order valence-electron chi connectivity index (χ0n) is 12.4. The first-order valence-corrected chi connectivity index (χ1v) is 7.82. The molecule has 2 saturated heterocycles. The van der Waals surface area contributed by atoms with Crippen LogP contribution in [0.5, 0.6) is 0 Å². The van der Waals surface area contributed by atoms with E-state index < -0.39 is 5.60 Å². The Morgan fingerprint density at radius 2 is 2.26 bits per heavy atom. The molecule has 2 aliphatic heterocycles. The van der Waals surface area contributed by atoms with Crippen LogP contribution in [0, 0.1) is 0 Å². The number of amides is 1. The van der Waals surface area contributed by atoms with Gasteiger partial charge in [-0.25, -0.2) is 0 Å². The summed E-state index contributed by atoms with van der Waals surface area (Å²) in [5, 5.41) is 3.53. The van der Waals surface area contributed by atoms with Crippen LogP contribution in [0.15, 0.2) is 0 Å². The van der Waals surface area contributed by atoms with Crippen LogP contribution >= 0.6 is 0 Å². The van der Waals surface area contributed by atoms with Crippen molar-refractivity contribution in [1.29, 1.82) is 0 Å². The Morgan fingerprint density at radius 1 is 1.42 bits per heavy atom. The van der Waals surface area contributed by atoms with Crippen LogP contribution in [0.3, 0.4) is 0 Å². The van der Waals surface area contributed by atoms with Gasteiger partial charge in [-0.05, 0) is 45.6 Å². The SMILES string of the molecule is CCCN(CC1CCCCN1)C(=O)C1(C)CCCO1. The molecule has 0 spiro atoms. The van der Waals surface area contributed by atoms with Gasteiger partial charge in [-0.3, -0.25) is 4.79 Å². The van der Waals surface area contributed by atoms with Crippen molar-refractivity contribution < 1.29 is 9.53 Å². The lowest BCUT2D eigenvalue weighted by Gasteiger charge is -2.35. The molecule has 0 aromatic heterocycles. The summed E-state index contributed by atoms with van der Waals surface area (Å²) < 4.78 is 5.71. The number of hydrogen-bond donors (Lipinski definition) is 1. The molecule has 2 rings (SSSR count). The zero-order valence-corrected chi connectivity index (χ0v) is 12.4. The first-order valence-electron chi connectivity index (χ1n) is 7.82. The number of nitrogens with one attached hydrogen (secondary N) is 1. The molecular weight excluding hydrogens is 240 g/mol. The molecule has 4 nitrogen and oxygen atoms in total. The van der Waals surface area contributed by atoms with Crippen molar-refractivity contribution in [3.63, 3.8) is 0 Å². The van der Waals surface area contributed by atoms with E-state index in [-0.39, 0.29) is 5.91 Å². The fraction of sp³-hybridized carbons (Fsp3) is 0.933.